The SMILES string of the molecule is CCC(CC)NCCOCc1ccc(Br)cc1. The second kappa shape index (κ2) is 8.67. The van der Waals surface area contributed by atoms with E-state index in [1.807, 2.05) is 12.1 Å². The Hall–Kier alpha value is -0.380. The van der Waals surface area contributed by atoms with E-state index in [0.29, 0.717) is 12.6 Å². The van der Waals surface area contributed by atoms with Gasteiger partial charge in [-0.3, -0.25) is 0 Å². The largest absolute Gasteiger partial charge is 0.375 e. The Bertz CT molecular complexity index is 296. The van der Waals surface area contributed by atoms with Gasteiger partial charge in [-0.2, -0.15) is 0 Å². The van der Waals surface area contributed by atoms with Gasteiger partial charge in [-0.15, -0.1) is 0 Å². The molecule has 0 aliphatic heterocycles. The molecule has 0 saturated carbocycles. The highest BCUT2D eigenvalue weighted by molar-refractivity contribution is 9.10. The average Bonchev–Trinajstić information content (AvgIpc) is 2.36. The van der Waals surface area contributed by atoms with Crippen molar-refractivity contribution in [2.45, 2.75) is 39.3 Å². The average molecular weight is 300 g/mol. The lowest BCUT2D eigenvalue weighted by Crippen LogP contribution is -2.30. The predicted molar refractivity (Wildman–Crippen MR) is 76.2 cm³/mol. The van der Waals surface area contributed by atoms with Crippen molar-refractivity contribution < 1.29 is 4.74 Å². The molecule has 96 valence electrons. The summed E-state index contributed by atoms with van der Waals surface area (Å²) < 4.78 is 6.73. The lowest BCUT2D eigenvalue weighted by atomic mass is 10.2. The van der Waals surface area contributed by atoms with Gasteiger partial charge in [0, 0.05) is 17.1 Å². The van der Waals surface area contributed by atoms with E-state index in [1.165, 1.54) is 18.4 Å². The number of rotatable bonds is 8. The summed E-state index contributed by atoms with van der Waals surface area (Å²) >= 11 is 3.42. The van der Waals surface area contributed by atoms with Crippen LogP contribution in [-0.2, 0) is 11.3 Å². The molecular weight excluding hydrogens is 278 g/mol. The Labute approximate surface area is 113 Å². The zero-order valence-electron chi connectivity index (χ0n) is 10.7. The van der Waals surface area contributed by atoms with E-state index < -0.39 is 0 Å². The van der Waals surface area contributed by atoms with Gasteiger partial charge >= 0.3 is 0 Å². The van der Waals surface area contributed by atoms with Crippen LogP contribution in [0.2, 0.25) is 0 Å². The van der Waals surface area contributed by atoms with Crippen LogP contribution in [0.4, 0.5) is 0 Å². The highest BCUT2D eigenvalue weighted by Crippen LogP contribution is 2.10. The van der Waals surface area contributed by atoms with Crippen LogP contribution in [0.15, 0.2) is 28.7 Å². The van der Waals surface area contributed by atoms with Crippen LogP contribution >= 0.6 is 15.9 Å². The Morgan fingerprint density at radius 3 is 2.41 bits per heavy atom. The second-order valence-electron chi connectivity index (χ2n) is 4.15. The van der Waals surface area contributed by atoms with E-state index in [0.717, 1.165) is 17.6 Å². The molecule has 0 unspecified atom stereocenters. The van der Waals surface area contributed by atoms with Crippen LogP contribution in [0.1, 0.15) is 32.3 Å². The Kier molecular flexibility index (Phi) is 7.49. The second-order valence-corrected chi connectivity index (χ2v) is 5.06. The highest BCUT2D eigenvalue weighted by atomic mass is 79.9. The van der Waals surface area contributed by atoms with Crippen LogP contribution in [0, 0.1) is 0 Å². The molecule has 0 heterocycles. The minimum Gasteiger partial charge on any atom is -0.375 e. The lowest BCUT2D eigenvalue weighted by Gasteiger charge is -2.14. The first kappa shape index (κ1) is 14.7. The standard InChI is InChI=1S/C14H22BrNO/c1-3-14(4-2)16-9-10-17-11-12-5-7-13(15)8-6-12/h5-8,14,16H,3-4,9-11H2,1-2H3. The van der Waals surface area contributed by atoms with Gasteiger partial charge in [0.2, 0.25) is 0 Å². The molecule has 3 heteroatoms. The minimum absolute atomic E-state index is 0.631. The summed E-state index contributed by atoms with van der Waals surface area (Å²) in [6, 6.07) is 8.88. The van der Waals surface area contributed by atoms with Gasteiger partial charge in [-0.25, -0.2) is 0 Å². The molecule has 1 aromatic rings. The van der Waals surface area contributed by atoms with E-state index in [-0.39, 0.29) is 0 Å². The van der Waals surface area contributed by atoms with Crippen molar-refractivity contribution in [3.63, 3.8) is 0 Å². The summed E-state index contributed by atoms with van der Waals surface area (Å²) in [5.41, 5.74) is 1.22. The molecule has 0 aliphatic carbocycles. The molecule has 0 amide bonds. The monoisotopic (exact) mass is 299 g/mol. The molecule has 0 saturated heterocycles. The van der Waals surface area contributed by atoms with Gasteiger partial charge in [0.25, 0.3) is 0 Å². The number of hydrogen-bond donors (Lipinski definition) is 1. The van der Waals surface area contributed by atoms with Crippen LogP contribution < -0.4 is 5.32 Å². The molecule has 0 bridgehead atoms. The van der Waals surface area contributed by atoms with E-state index in [4.69, 9.17) is 4.74 Å². The van der Waals surface area contributed by atoms with E-state index in [1.54, 1.807) is 0 Å². The Morgan fingerprint density at radius 2 is 1.82 bits per heavy atom. The first-order chi connectivity index (χ1) is 8.26. The zero-order valence-corrected chi connectivity index (χ0v) is 12.3. The molecule has 0 radical (unpaired) electrons. The smallest absolute Gasteiger partial charge is 0.0717 e. The molecule has 1 aromatic carbocycles. The minimum atomic E-state index is 0.631. The molecule has 0 fully saturated rings. The number of nitrogens with one attached hydrogen (secondary N) is 1. The molecule has 0 aliphatic rings. The quantitative estimate of drug-likeness (QED) is 0.738. The van der Waals surface area contributed by atoms with Crippen LogP contribution in [-0.4, -0.2) is 19.2 Å². The normalized spacial score (nSPS) is 11.1. The van der Waals surface area contributed by atoms with Gasteiger partial charge in [0.05, 0.1) is 13.2 Å². The molecule has 2 nitrogen and oxygen atoms in total. The molecule has 17 heavy (non-hydrogen) atoms. The van der Waals surface area contributed by atoms with Gasteiger partial charge in [0.15, 0.2) is 0 Å². The predicted octanol–water partition coefficient (Wildman–Crippen LogP) is 3.74. The van der Waals surface area contributed by atoms with Crippen LogP contribution in [0.3, 0.4) is 0 Å². The van der Waals surface area contributed by atoms with Gasteiger partial charge in [-0.1, -0.05) is 41.9 Å². The van der Waals surface area contributed by atoms with Crippen LogP contribution in [0.5, 0.6) is 0 Å². The number of ether oxygens (including phenoxy) is 1. The summed E-state index contributed by atoms with van der Waals surface area (Å²) in [7, 11) is 0. The van der Waals surface area contributed by atoms with Crippen molar-refractivity contribution in [1.82, 2.24) is 5.32 Å². The summed E-state index contributed by atoms with van der Waals surface area (Å²) in [5.74, 6) is 0. The Balaban J connectivity index is 2.10. The highest BCUT2D eigenvalue weighted by Gasteiger charge is 2.00. The van der Waals surface area contributed by atoms with Crippen molar-refractivity contribution in [1.29, 1.82) is 0 Å². The fraction of sp³-hybridized carbons (Fsp3) is 0.571. The van der Waals surface area contributed by atoms with E-state index in [2.05, 4.69) is 47.2 Å². The molecular formula is C14H22BrNO. The summed E-state index contributed by atoms with van der Waals surface area (Å²) in [5, 5.41) is 3.48. The zero-order chi connectivity index (χ0) is 12.5. The maximum Gasteiger partial charge on any atom is 0.0717 e. The van der Waals surface area contributed by atoms with Crippen LogP contribution in [0.25, 0.3) is 0 Å². The van der Waals surface area contributed by atoms with Gasteiger partial charge in [-0.05, 0) is 30.5 Å². The number of benzene rings is 1. The van der Waals surface area contributed by atoms with Gasteiger partial charge in [0.1, 0.15) is 0 Å². The number of hydrogen-bond acceptors (Lipinski definition) is 2. The van der Waals surface area contributed by atoms with E-state index in [9.17, 15) is 0 Å². The van der Waals surface area contributed by atoms with Crippen molar-refractivity contribution in [3.05, 3.63) is 34.3 Å². The first-order valence-corrected chi connectivity index (χ1v) is 7.11. The maximum atomic E-state index is 5.62. The summed E-state index contributed by atoms with van der Waals surface area (Å²) in [4.78, 5) is 0. The maximum absolute atomic E-state index is 5.62. The Morgan fingerprint density at radius 1 is 1.18 bits per heavy atom. The molecule has 0 spiro atoms. The summed E-state index contributed by atoms with van der Waals surface area (Å²) in [6.45, 7) is 6.82. The van der Waals surface area contributed by atoms with Crippen molar-refractivity contribution >= 4 is 15.9 Å². The summed E-state index contributed by atoms with van der Waals surface area (Å²) in [6.07, 6.45) is 2.37. The fourth-order valence-electron chi connectivity index (χ4n) is 1.68. The molecule has 0 atom stereocenters. The van der Waals surface area contributed by atoms with Crippen molar-refractivity contribution in [2.75, 3.05) is 13.2 Å². The topological polar surface area (TPSA) is 21.3 Å². The molecule has 0 aromatic heterocycles. The van der Waals surface area contributed by atoms with Crippen molar-refractivity contribution in [2.24, 2.45) is 0 Å². The third-order valence-corrected chi connectivity index (χ3v) is 3.38. The van der Waals surface area contributed by atoms with E-state index >= 15 is 0 Å². The third-order valence-electron chi connectivity index (χ3n) is 2.85. The first-order valence-electron chi connectivity index (χ1n) is 6.31. The third kappa shape index (κ3) is 6.20. The number of halogens is 1. The van der Waals surface area contributed by atoms with Gasteiger partial charge < -0.3 is 10.1 Å². The molecule has 1 N–H and O–H groups in total. The molecule has 1 rings (SSSR count). The lowest BCUT2D eigenvalue weighted by molar-refractivity contribution is 0.120. The van der Waals surface area contributed by atoms with Crippen molar-refractivity contribution in [3.8, 4) is 0 Å². The fourth-order valence-corrected chi connectivity index (χ4v) is 1.95.